The zero-order chi connectivity index (χ0) is 28.3. The predicted octanol–water partition coefficient (Wildman–Crippen LogP) is 6.13. The molecule has 0 radical (unpaired) electrons. The molecule has 9 heteroatoms. The molecular weight excluding hydrogens is 523 g/mol. The number of rotatable bonds is 7. The third kappa shape index (κ3) is 5.59. The van der Waals surface area contributed by atoms with Crippen LogP contribution in [-0.2, 0) is 16.1 Å². The number of benzene rings is 3. The molecule has 8 nitrogen and oxygen atoms in total. The Hall–Kier alpha value is -4.11. The van der Waals surface area contributed by atoms with E-state index in [-0.39, 0.29) is 12.6 Å². The Morgan fingerprint density at radius 2 is 1.85 bits per heavy atom. The minimum Gasteiger partial charge on any atom is -0.489 e. The molecule has 2 aliphatic rings. The summed E-state index contributed by atoms with van der Waals surface area (Å²) in [6, 6.07) is 16.3. The number of nitrogen functional groups attached to an aromatic ring is 1. The van der Waals surface area contributed by atoms with Gasteiger partial charge in [0.1, 0.15) is 24.0 Å². The number of nitrogens with zero attached hydrogens (tertiary/aromatic N) is 3. The molecule has 1 aliphatic heterocycles. The van der Waals surface area contributed by atoms with Crippen LogP contribution in [0.3, 0.4) is 0 Å². The number of hydrogen-bond donors (Lipinski definition) is 1. The van der Waals surface area contributed by atoms with Crippen molar-refractivity contribution < 1.29 is 23.4 Å². The van der Waals surface area contributed by atoms with Gasteiger partial charge in [0.05, 0.1) is 42.5 Å². The predicted molar refractivity (Wildman–Crippen MR) is 157 cm³/mol. The number of esters is 1. The van der Waals surface area contributed by atoms with Crippen LogP contribution in [0.4, 0.5) is 15.8 Å². The van der Waals surface area contributed by atoms with Crippen LogP contribution in [0.15, 0.2) is 54.6 Å². The number of anilines is 2. The second-order valence-corrected chi connectivity index (χ2v) is 10.7. The first-order chi connectivity index (χ1) is 20.0. The van der Waals surface area contributed by atoms with E-state index in [9.17, 15) is 4.79 Å². The molecule has 1 saturated heterocycles. The summed E-state index contributed by atoms with van der Waals surface area (Å²) in [6.45, 7) is 3.19. The highest BCUT2D eigenvalue weighted by Crippen LogP contribution is 2.38. The van der Waals surface area contributed by atoms with Crippen molar-refractivity contribution in [3.05, 3.63) is 71.5 Å². The summed E-state index contributed by atoms with van der Waals surface area (Å²) in [4.78, 5) is 19.3. The lowest BCUT2D eigenvalue weighted by Crippen LogP contribution is -2.36. The summed E-state index contributed by atoms with van der Waals surface area (Å²) >= 11 is 0. The van der Waals surface area contributed by atoms with Crippen molar-refractivity contribution in [2.24, 2.45) is 0 Å². The molecule has 6 rings (SSSR count). The summed E-state index contributed by atoms with van der Waals surface area (Å²) in [6.07, 6.45) is 5.45. The second kappa shape index (κ2) is 11.8. The fourth-order valence-electron chi connectivity index (χ4n) is 6.00. The van der Waals surface area contributed by atoms with E-state index in [4.69, 9.17) is 24.9 Å². The van der Waals surface area contributed by atoms with Gasteiger partial charge in [-0.2, -0.15) is 0 Å². The van der Waals surface area contributed by atoms with E-state index < -0.39 is 11.8 Å². The van der Waals surface area contributed by atoms with Crippen LogP contribution in [0.5, 0.6) is 5.75 Å². The SMILES string of the molecule is COC(=O)c1ccc2c(c1)nc(-c1ccc(OCc3cc(N)ccc3N3CCOCC3)cc1F)n2C1CCCCC1. The molecule has 1 aliphatic carbocycles. The minimum absolute atomic E-state index is 0.213. The Bertz CT molecular complexity index is 1560. The largest absolute Gasteiger partial charge is 0.489 e. The molecule has 41 heavy (non-hydrogen) atoms. The lowest BCUT2D eigenvalue weighted by atomic mass is 9.94. The topological polar surface area (TPSA) is 91.8 Å². The smallest absolute Gasteiger partial charge is 0.337 e. The number of nitrogens with two attached hydrogens (primary N) is 1. The molecule has 2 fully saturated rings. The Morgan fingerprint density at radius 3 is 2.61 bits per heavy atom. The van der Waals surface area contributed by atoms with Crippen LogP contribution in [0.1, 0.15) is 54.1 Å². The van der Waals surface area contributed by atoms with Crippen LogP contribution in [0.2, 0.25) is 0 Å². The van der Waals surface area contributed by atoms with Crippen molar-refractivity contribution in [1.29, 1.82) is 0 Å². The van der Waals surface area contributed by atoms with Gasteiger partial charge >= 0.3 is 5.97 Å². The molecule has 0 amide bonds. The third-order valence-corrected chi connectivity index (χ3v) is 8.08. The molecule has 0 bridgehead atoms. The monoisotopic (exact) mass is 558 g/mol. The summed E-state index contributed by atoms with van der Waals surface area (Å²) < 4.78 is 34.4. The van der Waals surface area contributed by atoms with E-state index >= 15 is 4.39 Å². The number of carbonyl (C=O) groups is 1. The molecule has 0 spiro atoms. The van der Waals surface area contributed by atoms with Gasteiger partial charge in [0.15, 0.2) is 0 Å². The number of fused-ring (bicyclic) bond motifs is 1. The normalized spacial score (nSPS) is 16.2. The fraction of sp³-hybridized carbons (Fsp3) is 0.375. The summed E-state index contributed by atoms with van der Waals surface area (Å²) in [5.74, 6) is 0.146. The molecule has 2 heterocycles. The van der Waals surface area contributed by atoms with Crippen molar-refractivity contribution in [1.82, 2.24) is 9.55 Å². The highest BCUT2D eigenvalue weighted by molar-refractivity contribution is 5.94. The Balaban J connectivity index is 1.30. The van der Waals surface area contributed by atoms with Gasteiger partial charge in [-0.05, 0) is 61.4 Å². The Kier molecular flexibility index (Phi) is 7.78. The van der Waals surface area contributed by atoms with Gasteiger partial charge in [0.2, 0.25) is 0 Å². The van der Waals surface area contributed by atoms with Crippen molar-refractivity contribution in [2.45, 2.75) is 44.8 Å². The van der Waals surface area contributed by atoms with Gasteiger partial charge in [0, 0.05) is 42.1 Å². The first-order valence-electron chi connectivity index (χ1n) is 14.3. The van der Waals surface area contributed by atoms with Gasteiger partial charge < -0.3 is 29.4 Å². The van der Waals surface area contributed by atoms with Crippen molar-refractivity contribution in [3.63, 3.8) is 0 Å². The maximum Gasteiger partial charge on any atom is 0.337 e. The van der Waals surface area contributed by atoms with E-state index in [2.05, 4.69) is 9.47 Å². The zero-order valence-corrected chi connectivity index (χ0v) is 23.3. The number of carbonyl (C=O) groups excluding carboxylic acids is 1. The quantitative estimate of drug-likeness (QED) is 0.215. The standard InChI is InChI=1S/C32H35FN4O4/c1-39-32(38)21-7-11-30-28(18-21)35-31(37(30)24-5-3-2-4-6-24)26-10-9-25(19-27(26)33)41-20-22-17-23(34)8-12-29(22)36-13-15-40-16-14-36/h7-12,17-19,24H,2-6,13-16,20,34H2,1H3. The van der Waals surface area contributed by atoms with Crippen LogP contribution in [-0.4, -0.2) is 48.9 Å². The number of methoxy groups -OCH3 is 1. The highest BCUT2D eigenvalue weighted by atomic mass is 19.1. The van der Waals surface area contributed by atoms with E-state index in [1.54, 1.807) is 24.3 Å². The number of hydrogen-bond acceptors (Lipinski definition) is 7. The van der Waals surface area contributed by atoms with Crippen molar-refractivity contribution >= 4 is 28.4 Å². The first kappa shape index (κ1) is 27.1. The number of halogens is 1. The summed E-state index contributed by atoms with van der Waals surface area (Å²) in [5.41, 5.74) is 11.1. The third-order valence-electron chi connectivity index (χ3n) is 8.08. The van der Waals surface area contributed by atoms with Gasteiger partial charge in [-0.3, -0.25) is 0 Å². The lowest BCUT2D eigenvalue weighted by Gasteiger charge is -2.30. The maximum atomic E-state index is 15.8. The fourth-order valence-corrected chi connectivity index (χ4v) is 6.00. The van der Waals surface area contributed by atoms with E-state index in [1.165, 1.54) is 19.6 Å². The van der Waals surface area contributed by atoms with Crippen LogP contribution >= 0.6 is 0 Å². The van der Waals surface area contributed by atoms with Gasteiger partial charge in [-0.25, -0.2) is 14.2 Å². The number of aromatic nitrogens is 2. The lowest BCUT2D eigenvalue weighted by molar-refractivity contribution is 0.0601. The zero-order valence-electron chi connectivity index (χ0n) is 23.3. The molecule has 1 saturated carbocycles. The van der Waals surface area contributed by atoms with Gasteiger partial charge in [-0.1, -0.05) is 19.3 Å². The molecule has 4 aromatic rings. The average Bonchev–Trinajstić information content (AvgIpc) is 3.39. The van der Waals surface area contributed by atoms with Crippen molar-refractivity contribution in [2.75, 3.05) is 44.0 Å². The first-order valence-corrected chi connectivity index (χ1v) is 14.3. The summed E-state index contributed by atoms with van der Waals surface area (Å²) in [5, 5.41) is 0. The number of ether oxygens (including phenoxy) is 3. The average molecular weight is 559 g/mol. The molecule has 0 unspecified atom stereocenters. The van der Waals surface area contributed by atoms with Crippen LogP contribution in [0.25, 0.3) is 22.4 Å². The molecule has 1 aromatic heterocycles. The maximum absolute atomic E-state index is 15.8. The summed E-state index contributed by atoms with van der Waals surface area (Å²) in [7, 11) is 1.35. The van der Waals surface area contributed by atoms with Crippen LogP contribution in [0, 0.1) is 5.82 Å². The molecule has 3 aromatic carbocycles. The number of morpholine rings is 1. The van der Waals surface area contributed by atoms with Gasteiger partial charge in [0.25, 0.3) is 0 Å². The minimum atomic E-state index is -0.426. The molecule has 2 N–H and O–H groups in total. The van der Waals surface area contributed by atoms with Gasteiger partial charge in [-0.15, -0.1) is 0 Å². The van der Waals surface area contributed by atoms with E-state index in [0.29, 0.717) is 47.1 Å². The Morgan fingerprint density at radius 1 is 1.05 bits per heavy atom. The second-order valence-electron chi connectivity index (χ2n) is 10.7. The van der Waals surface area contributed by atoms with E-state index in [1.807, 2.05) is 24.3 Å². The Labute approximate surface area is 238 Å². The molecule has 214 valence electrons. The molecular formula is C32H35FN4O4. The number of imidazole rings is 1. The highest BCUT2D eigenvalue weighted by Gasteiger charge is 2.25. The van der Waals surface area contributed by atoms with E-state index in [0.717, 1.165) is 55.5 Å². The van der Waals surface area contributed by atoms with Crippen LogP contribution < -0.4 is 15.4 Å². The molecule has 0 atom stereocenters. The van der Waals surface area contributed by atoms with Crippen molar-refractivity contribution in [3.8, 4) is 17.1 Å².